The minimum absolute atomic E-state index is 0. The zero-order chi connectivity index (χ0) is 21.6. The lowest BCUT2D eigenvalue weighted by Crippen LogP contribution is -2.37. The Labute approximate surface area is 200 Å². The van der Waals surface area contributed by atoms with Gasteiger partial charge in [-0.1, -0.05) is 42.5 Å². The van der Waals surface area contributed by atoms with Crippen LogP contribution in [0.15, 0.2) is 64.6 Å². The van der Waals surface area contributed by atoms with Crippen LogP contribution in [0.3, 0.4) is 0 Å². The molecule has 3 N–H and O–H groups in total. The molecule has 3 rings (SSSR count). The van der Waals surface area contributed by atoms with E-state index >= 15 is 0 Å². The molecule has 31 heavy (non-hydrogen) atoms. The summed E-state index contributed by atoms with van der Waals surface area (Å²) in [5, 5.41) is 6.48. The van der Waals surface area contributed by atoms with Crippen molar-refractivity contribution in [1.82, 2.24) is 20.6 Å². The number of H-pyrrole nitrogens is 1. The van der Waals surface area contributed by atoms with Crippen LogP contribution >= 0.6 is 24.0 Å². The number of imidazole rings is 1. The standard InChI is InChI=1S/C22H27N5O2S.HI/c1-4-23-22(25-13-17-10-11-20(16(2)12-17)30(3,28)29)26-15-21-24-14-19(27-21)18-8-6-5-7-9-18;/h5-12,14H,4,13,15H2,1-3H3,(H,24,27)(H2,23,25,26);1H. The molecule has 0 atom stereocenters. The number of aliphatic imine (C=N–C) groups is 1. The van der Waals surface area contributed by atoms with Gasteiger partial charge in [-0.2, -0.15) is 0 Å². The highest BCUT2D eigenvalue weighted by molar-refractivity contribution is 14.0. The van der Waals surface area contributed by atoms with E-state index in [0.717, 1.165) is 34.8 Å². The summed E-state index contributed by atoms with van der Waals surface area (Å²) in [6.07, 6.45) is 3.04. The molecule has 9 heteroatoms. The van der Waals surface area contributed by atoms with Crippen LogP contribution in [-0.2, 0) is 22.9 Å². The minimum Gasteiger partial charge on any atom is -0.357 e. The van der Waals surface area contributed by atoms with E-state index in [1.807, 2.05) is 49.5 Å². The minimum atomic E-state index is -3.22. The Kier molecular flexibility index (Phi) is 9.05. The molecule has 0 amide bonds. The van der Waals surface area contributed by atoms with Gasteiger partial charge in [0.05, 0.1) is 29.9 Å². The molecule has 1 aromatic heterocycles. The number of rotatable bonds is 7. The van der Waals surface area contributed by atoms with Crippen LogP contribution in [0.25, 0.3) is 11.3 Å². The number of aryl methyl sites for hydroxylation is 1. The molecule has 0 fully saturated rings. The van der Waals surface area contributed by atoms with Crippen molar-refractivity contribution in [1.29, 1.82) is 0 Å². The van der Waals surface area contributed by atoms with Crippen molar-refractivity contribution in [3.8, 4) is 11.3 Å². The maximum Gasteiger partial charge on any atom is 0.191 e. The normalized spacial score (nSPS) is 11.6. The van der Waals surface area contributed by atoms with E-state index < -0.39 is 9.84 Å². The average molecular weight is 553 g/mol. The molecular weight excluding hydrogens is 525 g/mol. The van der Waals surface area contributed by atoms with Gasteiger partial charge in [0.1, 0.15) is 5.82 Å². The first-order chi connectivity index (χ1) is 14.4. The van der Waals surface area contributed by atoms with Gasteiger partial charge in [-0.15, -0.1) is 24.0 Å². The largest absolute Gasteiger partial charge is 0.357 e. The Balaban J connectivity index is 0.00000341. The number of hydrogen-bond donors (Lipinski definition) is 3. The van der Waals surface area contributed by atoms with Gasteiger partial charge < -0.3 is 15.6 Å². The fourth-order valence-corrected chi connectivity index (χ4v) is 4.08. The van der Waals surface area contributed by atoms with Gasteiger partial charge >= 0.3 is 0 Å². The highest BCUT2D eigenvalue weighted by Crippen LogP contribution is 2.17. The predicted octanol–water partition coefficient (Wildman–Crippen LogP) is 3.66. The molecular formula is C22H28IN5O2S. The highest BCUT2D eigenvalue weighted by atomic mass is 127. The zero-order valence-corrected chi connectivity index (χ0v) is 21.0. The topological polar surface area (TPSA) is 99.2 Å². The second-order valence-corrected chi connectivity index (χ2v) is 9.01. The van der Waals surface area contributed by atoms with E-state index in [2.05, 4.69) is 25.6 Å². The number of guanidine groups is 1. The second-order valence-electron chi connectivity index (χ2n) is 7.03. The Hall–Kier alpha value is -2.40. The van der Waals surface area contributed by atoms with E-state index in [1.165, 1.54) is 6.26 Å². The summed E-state index contributed by atoms with van der Waals surface area (Å²) in [4.78, 5) is 12.7. The molecule has 3 aromatic rings. The van der Waals surface area contributed by atoms with Crippen molar-refractivity contribution < 1.29 is 8.42 Å². The summed E-state index contributed by atoms with van der Waals surface area (Å²) >= 11 is 0. The molecule has 0 aliphatic carbocycles. The van der Waals surface area contributed by atoms with Gasteiger partial charge in [0, 0.05) is 12.8 Å². The number of hydrogen-bond acceptors (Lipinski definition) is 4. The van der Waals surface area contributed by atoms with E-state index in [9.17, 15) is 8.42 Å². The molecule has 1 heterocycles. The quantitative estimate of drug-likeness (QED) is 0.236. The third kappa shape index (κ3) is 7.06. The third-order valence-corrected chi connectivity index (χ3v) is 5.80. The summed E-state index contributed by atoms with van der Waals surface area (Å²) in [7, 11) is -3.22. The number of aromatic nitrogens is 2. The molecule has 0 bridgehead atoms. The lowest BCUT2D eigenvalue weighted by molar-refractivity contribution is 0.601. The maximum absolute atomic E-state index is 11.8. The highest BCUT2D eigenvalue weighted by Gasteiger charge is 2.11. The van der Waals surface area contributed by atoms with Crippen LogP contribution in [-0.4, -0.2) is 37.1 Å². The molecule has 0 spiro atoms. The second kappa shape index (κ2) is 11.3. The first kappa shape index (κ1) is 24.9. The fourth-order valence-electron chi connectivity index (χ4n) is 3.12. The smallest absolute Gasteiger partial charge is 0.191 e. The van der Waals surface area contributed by atoms with Crippen LogP contribution in [0.5, 0.6) is 0 Å². The molecule has 166 valence electrons. The number of nitrogens with one attached hydrogen (secondary N) is 3. The third-order valence-electron chi connectivity index (χ3n) is 4.54. The van der Waals surface area contributed by atoms with Crippen molar-refractivity contribution in [2.75, 3.05) is 12.8 Å². The maximum atomic E-state index is 11.8. The van der Waals surface area contributed by atoms with E-state index in [4.69, 9.17) is 0 Å². The Morgan fingerprint density at radius 2 is 1.87 bits per heavy atom. The SMILES string of the molecule is CCNC(=NCc1ccc(S(C)(=O)=O)c(C)c1)NCc1ncc(-c2ccccc2)[nH]1.I. The van der Waals surface area contributed by atoms with E-state index in [0.29, 0.717) is 23.9 Å². The van der Waals surface area contributed by atoms with Crippen LogP contribution in [0, 0.1) is 6.92 Å². The summed E-state index contributed by atoms with van der Waals surface area (Å²) in [5.41, 5.74) is 3.73. The van der Waals surface area contributed by atoms with Crippen LogP contribution in [0.2, 0.25) is 0 Å². The van der Waals surface area contributed by atoms with E-state index in [-0.39, 0.29) is 24.0 Å². The van der Waals surface area contributed by atoms with Crippen LogP contribution < -0.4 is 10.6 Å². The molecule has 7 nitrogen and oxygen atoms in total. The molecule has 0 aliphatic heterocycles. The van der Waals surface area contributed by atoms with E-state index in [1.54, 1.807) is 19.1 Å². The molecule has 0 unspecified atom stereocenters. The fraction of sp³-hybridized carbons (Fsp3) is 0.273. The monoisotopic (exact) mass is 553 g/mol. The first-order valence-corrected chi connectivity index (χ1v) is 11.7. The molecule has 0 saturated heterocycles. The average Bonchev–Trinajstić information content (AvgIpc) is 3.19. The summed E-state index contributed by atoms with van der Waals surface area (Å²) in [6.45, 7) is 5.47. The van der Waals surface area contributed by atoms with Crippen molar-refractivity contribution >= 4 is 39.8 Å². The van der Waals surface area contributed by atoms with Gasteiger partial charge in [-0.25, -0.2) is 18.4 Å². The predicted molar refractivity (Wildman–Crippen MR) is 135 cm³/mol. The molecule has 2 aromatic carbocycles. The summed E-state index contributed by atoms with van der Waals surface area (Å²) in [5.74, 6) is 1.48. The molecule has 0 saturated carbocycles. The number of halogens is 1. The van der Waals surface area contributed by atoms with Gasteiger partial charge in [-0.05, 0) is 36.6 Å². The summed E-state index contributed by atoms with van der Waals surface area (Å²) in [6, 6.07) is 15.3. The summed E-state index contributed by atoms with van der Waals surface area (Å²) < 4.78 is 23.5. The van der Waals surface area contributed by atoms with Gasteiger partial charge in [0.25, 0.3) is 0 Å². The lowest BCUT2D eigenvalue weighted by atomic mass is 10.1. The Morgan fingerprint density at radius 1 is 1.13 bits per heavy atom. The van der Waals surface area contributed by atoms with Gasteiger partial charge in [0.15, 0.2) is 15.8 Å². The number of aromatic amines is 1. The van der Waals surface area contributed by atoms with Gasteiger partial charge in [0.2, 0.25) is 0 Å². The Bertz CT molecular complexity index is 1130. The van der Waals surface area contributed by atoms with Crippen molar-refractivity contribution in [2.24, 2.45) is 4.99 Å². The van der Waals surface area contributed by atoms with Gasteiger partial charge in [-0.3, -0.25) is 0 Å². The first-order valence-electron chi connectivity index (χ1n) is 9.78. The van der Waals surface area contributed by atoms with Crippen LogP contribution in [0.1, 0.15) is 23.9 Å². The molecule has 0 radical (unpaired) electrons. The number of sulfone groups is 1. The van der Waals surface area contributed by atoms with Crippen molar-refractivity contribution in [3.63, 3.8) is 0 Å². The Morgan fingerprint density at radius 3 is 2.52 bits per heavy atom. The lowest BCUT2D eigenvalue weighted by Gasteiger charge is -2.11. The van der Waals surface area contributed by atoms with Crippen LogP contribution in [0.4, 0.5) is 0 Å². The van der Waals surface area contributed by atoms with Crippen molar-refractivity contribution in [2.45, 2.75) is 31.8 Å². The number of nitrogens with zero attached hydrogens (tertiary/aromatic N) is 2. The zero-order valence-electron chi connectivity index (χ0n) is 17.8. The van der Waals surface area contributed by atoms with Crippen molar-refractivity contribution in [3.05, 3.63) is 71.7 Å². The molecule has 0 aliphatic rings. The number of benzene rings is 2.